The number of benzene rings is 3. The minimum Gasteiger partial charge on any atom is -0.378 e. The molecule has 0 unspecified atom stereocenters. The van der Waals surface area contributed by atoms with Crippen molar-refractivity contribution in [3.05, 3.63) is 107 Å². The van der Waals surface area contributed by atoms with Crippen molar-refractivity contribution in [3.8, 4) is 22.5 Å². The molecule has 5 aromatic rings. The first kappa shape index (κ1) is 28.5. The van der Waals surface area contributed by atoms with Crippen LogP contribution >= 0.6 is 0 Å². The number of pyridine rings is 1. The zero-order chi connectivity index (χ0) is 30.1. The third kappa shape index (κ3) is 5.86. The standard InChI is InChI=1S/C36H36N4O3/c1-23-27(22-31(41)24-12-14-28(15-13-24)36(2,3)4)6-5-7-29(23)30-16-17-37-34-32(30)38-33(39-34)25-8-10-26(11-9-25)35(42)40-18-20-43-21-19-40/h5-17H,18-22H2,1-4H3,(H,37,38,39). The highest BCUT2D eigenvalue weighted by atomic mass is 16.5. The Bertz CT molecular complexity index is 1790. The molecule has 0 saturated carbocycles. The van der Waals surface area contributed by atoms with E-state index in [0.29, 0.717) is 49.8 Å². The maximum absolute atomic E-state index is 13.2. The Morgan fingerprint density at radius 3 is 2.28 bits per heavy atom. The molecule has 6 rings (SSSR count). The molecule has 1 amide bonds. The largest absolute Gasteiger partial charge is 0.378 e. The number of hydrogen-bond donors (Lipinski definition) is 1. The van der Waals surface area contributed by atoms with Gasteiger partial charge in [-0.05, 0) is 52.8 Å². The molecule has 0 bridgehead atoms. The van der Waals surface area contributed by atoms with Crippen LogP contribution in [-0.4, -0.2) is 57.8 Å². The minimum atomic E-state index is 0.0131. The Morgan fingerprint density at radius 2 is 1.58 bits per heavy atom. The third-order valence-corrected chi connectivity index (χ3v) is 8.26. The quantitative estimate of drug-likeness (QED) is 0.226. The number of ether oxygens (including phenoxy) is 1. The number of carbonyl (C=O) groups excluding carboxylic acids is 2. The van der Waals surface area contributed by atoms with Crippen molar-refractivity contribution in [2.45, 2.75) is 39.5 Å². The molecule has 0 radical (unpaired) electrons. The fraction of sp³-hybridized carbons (Fsp3) is 0.278. The van der Waals surface area contributed by atoms with Gasteiger partial charge in [0, 0.05) is 48.0 Å². The molecule has 218 valence electrons. The molecule has 1 saturated heterocycles. The van der Waals surface area contributed by atoms with Gasteiger partial charge in [-0.25, -0.2) is 9.97 Å². The second-order valence-corrected chi connectivity index (χ2v) is 12.1. The van der Waals surface area contributed by atoms with Crippen molar-refractivity contribution in [1.82, 2.24) is 19.9 Å². The van der Waals surface area contributed by atoms with Gasteiger partial charge in [0.25, 0.3) is 5.91 Å². The predicted molar refractivity (Wildman–Crippen MR) is 169 cm³/mol. The lowest BCUT2D eigenvalue weighted by molar-refractivity contribution is 0.0303. The number of morpholine rings is 1. The zero-order valence-corrected chi connectivity index (χ0v) is 25.1. The summed E-state index contributed by atoms with van der Waals surface area (Å²) in [7, 11) is 0. The van der Waals surface area contributed by atoms with Crippen LogP contribution in [0.25, 0.3) is 33.7 Å². The molecule has 2 aromatic heterocycles. The number of imidazole rings is 1. The summed E-state index contributed by atoms with van der Waals surface area (Å²) >= 11 is 0. The Kier molecular flexibility index (Phi) is 7.67. The van der Waals surface area contributed by atoms with Gasteiger partial charge in [-0.3, -0.25) is 9.59 Å². The number of Topliss-reactive ketones (excluding diaryl/α,β-unsaturated/α-hetero) is 1. The van der Waals surface area contributed by atoms with Crippen molar-refractivity contribution in [2.75, 3.05) is 26.3 Å². The first-order valence-corrected chi connectivity index (χ1v) is 14.7. The lowest BCUT2D eigenvalue weighted by Gasteiger charge is -2.26. The molecule has 3 aromatic carbocycles. The molecule has 7 nitrogen and oxygen atoms in total. The van der Waals surface area contributed by atoms with Crippen LogP contribution in [0.3, 0.4) is 0 Å². The van der Waals surface area contributed by atoms with E-state index in [1.54, 1.807) is 6.20 Å². The van der Waals surface area contributed by atoms with Crippen LogP contribution in [0.1, 0.15) is 58.2 Å². The number of aromatic nitrogens is 3. The summed E-state index contributed by atoms with van der Waals surface area (Å²) in [6.45, 7) is 10.9. The average Bonchev–Trinajstić information content (AvgIpc) is 3.47. The maximum atomic E-state index is 13.2. The van der Waals surface area contributed by atoms with Gasteiger partial charge in [0.05, 0.1) is 18.7 Å². The molecule has 1 aliphatic rings. The highest BCUT2D eigenvalue weighted by Crippen LogP contribution is 2.32. The van der Waals surface area contributed by atoms with E-state index in [9.17, 15) is 9.59 Å². The molecule has 0 atom stereocenters. The van der Waals surface area contributed by atoms with E-state index in [4.69, 9.17) is 9.72 Å². The normalized spacial score (nSPS) is 13.8. The van der Waals surface area contributed by atoms with E-state index in [2.05, 4.69) is 55.9 Å². The van der Waals surface area contributed by atoms with Crippen LogP contribution in [-0.2, 0) is 16.6 Å². The molecular formula is C36H36N4O3. The summed E-state index contributed by atoms with van der Waals surface area (Å²) in [6.07, 6.45) is 2.09. The molecule has 7 heteroatoms. The van der Waals surface area contributed by atoms with Crippen LogP contribution in [0.4, 0.5) is 0 Å². The molecule has 1 aliphatic heterocycles. The number of H-pyrrole nitrogens is 1. The third-order valence-electron chi connectivity index (χ3n) is 8.26. The van der Waals surface area contributed by atoms with Gasteiger partial charge < -0.3 is 14.6 Å². The number of aromatic amines is 1. The number of amides is 1. The second-order valence-electron chi connectivity index (χ2n) is 12.1. The summed E-state index contributed by atoms with van der Waals surface area (Å²) in [4.78, 5) is 40.7. The van der Waals surface area contributed by atoms with Gasteiger partial charge >= 0.3 is 0 Å². The molecule has 1 N–H and O–H groups in total. The van der Waals surface area contributed by atoms with Gasteiger partial charge in [0.2, 0.25) is 0 Å². The van der Waals surface area contributed by atoms with Gasteiger partial charge in [-0.1, -0.05) is 75.4 Å². The molecule has 0 aliphatic carbocycles. The van der Waals surface area contributed by atoms with Crippen LogP contribution in [0.5, 0.6) is 0 Å². The summed E-state index contributed by atoms with van der Waals surface area (Å²) < 4.78 is 5.37. The van der Waals surface area contributed by atoms with Crippen LogP contribution in [0.15, 0.2) is 79.0 Å². The van der Waals surface area contributed by atoms with Gasteiger partial charge in [0.15, 0.2) is 11.4 Å². The van der Waals surface area contributed by atoms with Crippen molar-refractivity contribution < 1.29 is 14.3 Å². The Labute approximate surface area is 252 Å². The first-order valence-electron chi connectivity index (χ1n) is 14.7. The van der Waals surface area contributed by atoms with E-state index in [0.717, 1.165) is 38.9 Å². The van der Waals surface area contributed by atoms with E-state index >= 15 is 0 Å². The minimum absolute atomic E-state index is 0.0131. The molecule has 43 heavy (non-hydrogen) atoms. The van der Waals surface area contributed by atoms with Gasteiger partial charge in [-0.2, -0.15) is 0 Å². The van der Waals surface area contributed by atoms with Gasteiger partial charge in [-0.15, -0.1) is 0 Å². The SMILES string of the molecule is Cc1c(CC(=O)c2ccc(C(C)(C)C)cc2)cccc1-c1ccnc2nc(-c3ccc(C(=O)N4CCOCC4)cc3)[nH]c12. The Morgan fingerprint density at radius 1 is 0.884 bits per heavy atom. The van der Waals surface area contributed by atoms with Crippen molar-refractivity contribution in [1.29, 1.82) is 0 Å². The Hall–Kier alpha value is -4.62. The first-order chi connectivity index (χ1) is 20.7. The molecule has 1 fully saturated rings. The smallest absolute Gasteiger partial charge is 0.254 e. The molecule has 0 spiro atoms. The average molecular weight is 573 g/mol. The highest BCUT2D eigenvalue weighted by Gasteiger charge is 2.20. The monoisotopic (exact) mass is 572 g/mol. The fourth-order valence-corrected chi connectivity index (χ4v) is 5.59. The van der Waals surface area contributed by atoms with E-state index in [1.165, 1.54) is 5.56 Å². The predicted octanol–water partition coefficient (Wildman–Crippen LogP) is 6.80. The van der Waals surface area contributed by atoms with E-state index < -0.39 is 0 Å². The summed E-state index contributed by atoms with van der Waals surface area (Å²) in [5.41, 5.74) is 8.98. The summed E-state index contributed by atoms with van der Waals surface area (Å²) in [5, 5.41) is 0. The molecular weight excluding hydrogens is 536 g/mol. The van der Waals surface area contributed by atoms with E-state index in [-0.39, 0.29) is 17.1 Å². The lowest BCUT2D eigenvalue weighted by atomic mass is 9.86. The number of carbonyl (C=O) groups is 2. The van der Waals surface area contributed by atoms with Crippen LogP contribution in [0.2, 0.25) is 0 Å². The number of nitrogens with zero attached hydrogens (tertiary/aromatic N) is 3. The zero-order valence-electron chi connectivity index (χ0n) is 25.1. The maximum Gasteiger partial charge on any atom is 0.254 e. The van der Waals surface area contributed by atoms with Crippen LogP contribution in [0, 0.1) is 6.92 Å². The number of hydrogen-bond acceptors (Lipinski definition) is 5. The van der Waals surface area contributed by atoms with Crippen LogP contribution < -0.4 is 0 Å². The van der Waals surface area contributed by atoms with Crippen molar-refractivity contribution in [3.63, 3.8) is 0 Å². The second kappa shape index (κ2) is 11.6. The van der Waals surface area contributed by atoms with Crippen molar-refractivity contribution in [2.24, 2.45) is 0 Å². The summed E-state index contributed by atoms with van der Waals surface area (Å²) in [6, 6.07) is 23.6. The number of nitrogens with one attached hydrogen (secondary N) is 1. The lowest BCUT2D eigenvalue weighted by Crippen LogP contribution is -2.40. The molecule has 3 heterocycles. The topological polar surface area (TPSA) is 88.2 Å². The Balaban J connectivity index is 1.26. The number of fused-ring (bicyclic) bond motifs is 1. The van der Waals surface area contributed by atoms with Crippen molar-refractivity contribution >= 4 is 22.9 Å². The fourth-order valence-electron chi connectivity index (χ4n) is 5.59. The number of ketones is 1. The summed E-state index contributed by atoms with van der Waals surface area (Å²) in [5.74, 6) is 0.794. The highest BCUT2D eigenvalue weighted by molar-refractivity contribution is 5.99. The van der Waals surface area contributed by atoms with E-state index in [1.807, 2.05) is 59.5 Å². The van der Waals surface area contributed by atoms with Gasteiger partial charge in [0.1, 0.15) is 5.82 Å². The number of rotatable bonds is 6.